The van der Waals surface area contributed by atoms with E-state index in [1.807, 2.05) is 70.3 Å². The summed E-state index contributed by atoms with van der Waals surface area (Å²) in [6.45, 7) is 1.69. The van der Waals surface area contributed by atoms with E-state index < -0.39 is 18.3 Å². The van der Waals surface area contributed by atoms with Crippen molar-refractivity contribution in [3.05, 3.63) is 95.6 Å². The molecule has 0 aliphatic heterocycles. The van der Waals surface area contributed by atoms with E-state index in [0.717, 1.165) is 28.8 Å². The minimum absolute atomic E-state index is 0.0336. The van der Waals surface area contributed by atoms with Gasteiger partial charge in [0.1, 0.15) is 6.54 Å². The van der Waals surface area contributed by atoms with E-state index in [-0.39, 0.29) is 6.04 Å². The number of pyridine rings is 2. The van der Waals surface area contributed by atoms with Crippen LogP contribution in [0.4, 0.5) is 0 Å². The average molecular weight is 526 g/mol. The van der Waals surface area contributed by atoms with Crippen LogP contribution in [0.3, 0.4) is 0 Å². The third-order valence-electron chi connectivity index (χ3n) is 5.40. The van der Waals surface area contributed by atoms with E-state index in [9.17, 15) is 0 Å². The number of nitrogens with zero attached hydrogens (tertiary/aromatic N) is 2. The minimum Gasteiger partial charge on any atom is -0.390 e. The molecule has 3 rings (SSSR count). The lowest BCUT2D eigenvalue weighted by atomic mass is 10.1. The minimum atomic E-state index is -3.96. The van der Waals surface area contributed by atoms with E-state index in [0.29, 0.717) is 26.0 Å². The number of hydrogen-bond acceptors (Lipinski definition) is 6. The van der Waals surface area contributed by atoms with E-state index in [4.69, 9.17) is 28.4 Å². The van der Waals surface area contributed by atoms with Crippen LogP contribution in [0, 0.1) is 0 Å². The summed E-state index contributed by atoms with van der Waals surface area (Å²) >= 11 is 0. The van der Waals surface area contributed by atoms with Crippen LogP contribution in [0.2, 0.25) is 6.04 Å². The zero-order valence-corrected chi connectivity index (χ0v) is 22.0. The van der Waals surface area contributed by atoms with Gasteiger partial charge in [0.05, 0.1) is 0 Å². The van der Waals surface area contributed by atoms with Gasteiger partial charge in [-0.25, -0.2) is 9.13 Å². The maximum atomic E-state index is 9.10. The van der Waals surface area contributed by atoms with Gasteiger partial charge in [-0.15, -0.1) is 0 Å². The predicted octanol–water partition coefficient (Wildman–Crippen LogP) is 1.28. The lowest BCUT2D eigenvalue weighted by molar-refractivity contribution is -0.697. The van der Waals surface area contributed by atoms with Gasteiger partial charge in [0.15, 0.2) is 31.3 Å². The Morgan fingerprint density at radius 1 is 0.694 bits per heavy atom. The quantitative estimate of drug-likeness (QED) is 0.130. The Morgan fingerprint density at radius 2 is 1.17 bits per heavy atom. The molecule has 0 aliphatic rings. The molecule has 1 aromatic carbocycles. The van der Waals surface area contributed by atoms with Gasteiger partial charge in [-0.3, -0.25) is 0 Å². The van der Waals surface area contributed by atoms with Crippen molar-refractivity contribution in [1.29, 1.82) is 0 Å². The second-order valence-corrected chi connectivity index (χ2v) is 11.3. The van der Waals surface area contributed by atoms with Gasteiger partial charge in [0, 0.05) is 49.8 Å². The van der Waals surface area contributed by atoms with Crippen LogP contribution in [-0.2, 0) is 17.5 Å². The van der Waals surface area contributed by atoms with Crippen molar-refractivity contribution in [2.24, 2.45) is 0 Å². The predicted molar refractivity (Wildman–Crippen MR) is 140 cm³/mol. The molecule has 10 heteroatoms. The second-order valence-electron chi connectivity index (χ2n) is 8.44. The molecular formula is C26H33N2O6Si2+2. The number of aromatic nitrogens is 2. The zero-order chi connectivity index (χ0) is 25.8. The summed E-state index contributed by atoms with van der Waals surface area (Å²) in [4.78, 5) is 44.9. The first kappa shape index (κ1) is 27.8. The molecule has 2 aromatic heterocycles. The summed E-state index contributed by atoms with van der Waals surface area (Å²) in [7, 11) is -6.56. The van der Waals surface area contributed by atoms with E-state index >= 15 is 0 Å². The summed E-state index contributed by atoms with van der Waals surface area (Å²) in [5, 5.41) is 0. The molecule has 36 heavy (non-hydrogen) atoms. The molecule has 0 amide bonds. The van der Waals surface area contributed by atoms with Crippen molar-refractivity contribution in [3.63, 3.8) is 0 Å². The van der Waals surface area contributed by atoms with Gasteiger partial charge >= 0.3 is 18.3 Å². The van der Waals surface area contributed by atoms with Crippen molar-refractivity contribution in [2.45, 2.75) is 32.0 Å². The van der Waals surface area contributed by atoms with E-state index in [1.165, 1.54) is 0 Å². The average Bonchev–Trinajstić information content (AvgIpc) is 2.85. The molecule has 189 valence electrons. The normalized spacial score (nSPS) is 12.3. The Kier molecular flexibility index (Phi) is 10.9. The standard InChI is InChI=1S/C26H33N2O6Si2/c29-35(30)34-20-2-14-27-16-10-23(11-17-27)6-8-25-4-1-5-26(22-25)9-7-24-12-18-28(19-13-24)15-3-21-36(31,32)33/h1,4-13,16-19,22,29-33H,2-3,14-15,20-21H2/q+2/b8-6+,9-7+. The van der Waals surface area contributed by atoms with Crippen molar-refractivity contribution < 1.29 is 37.5 Å². The Balaban J connectivity index is 1.51. The summed E-state index contributed by atoms with van der Waals surface area (Å²) in [6, 6.07) is 16.3. The molecule has 2 heterocycles. The van der Waals surface area contributed by atoms with Gasteiger partial charge in [0.25, 0.3) is 0 Å². The molecule has 0 aliphatic carbocycles. The van der Waals surface area contributed by atoms with Crippen LogP contribution in [0.15, 0.2) is 73.3 Å². The fourth-order valence-corrected chi connectivity index (χ4v) is 4.48. The van der Waals surface area contributed by atoms with Crippen molar-refractivity contribution in [1.82, 2.24) is 0 Å². The molecule has 5 N–H and O–H groups in total. The summed E-state index contributed by atoms with van der Waals surface area (Å²) in [6.07, 6.45) is 17.3. The molecule has 3 aromatic rings. The maximum Gasteiger partial charge on any atom is 0.571 e. The van der Waals surface area contributed by atoms with Gasteiger partial charge in [-0.05, 0) is 28.3 Å². The molecule has 0 spiro atoms. The first-order chi connectivity index (χ1) is 17.3. The molecule has 0 saturated heterocycles. The number of hydrogen-bond donors (Lipinski definition) is 5. The number of benzene rings is 1. The molecule has 0 saturated carbocycles. The van der Waals surface area contributed by atoms with Crippen LogP contribution < -0.4 is 9.13 Å². The van der Waals surface area contributed by atoms with Crippen LogP contribution in [0.5, 0.6) is 0 Å². The highest BCUT2D eigenvalue weighted by molar-refractivity contribution is 6.56. The molecule has 0 bridgehead atoms. The smallest absolute Gasteiger partial charge is 0.390 e. The Labute approximate surface area is 214 Å². The molecular weight excluding hydrogens is 492 g/mol. The van der Waals surface area contributed by atoms with Crippen molar-refractivity contribution in [3.8, 4) is 0 Å². The Hall–Kier alpha value is -2.81. The number of rotatable bonds is 13. The van der Waals surface area contributed by atoms with Crippen LogP contribution >= 0.6 is 0 Å². The molecule has 0 unspecified atom stereocenters. The van der Waals surface area contributed by atoms with Gasteiger partial charge in [0.2, 0.25) is 0 Å². The Bertz CT molecular complexity index is 1130. The van der Waals surface area contributed by atoms with Crippen LogP contribution in [0.25, 0.3) is 24.3 Å². The molecule has 8 nitrogen and oxygen atoms in total. The first-order valence-corrected chi connectivity index (χ1v) is 15.1. The van der Waals surface area contributed by atoms with Crippen molar-refractivity contribution in [2.75, 3.05) is 6.61 Å². The van der Waals surface area contributed by atoms with Crippen LogP contribution in [-0.4, -0.2) is 48.9 Å². The third kappa shape index (κ3) is 10.9. The topological polar surface area (TPSA) is 118 Å². The second kappa shape index (κ2) is 14.1. The Morgan fingerprint density at radius 3 is 1.64 bits per heavy atom. The highest BCUT2D eigenvalue weighted by atomic mass is 28.4. The monoisotopic (exact) mass is 525 g/mol. The fraction of sp³-hybridized carbons (Fsp3) is 0.231. The van der Waals surface area contributed by atoms with Gasteiger partial charge < -0.3 is 28.4 Å². The highest BCUT2D eigenvalue weighted by Gasteiger charge is 2.26. The zero-order valence-electron chi connectivity index (χ0n) is 20.0. The number of aryl methyl sites for hydroxylation is 2. The SMILES string of the molecule is O[Si](O)OCCC[n+]1ccc(/C=C/c2cccc(/C=C/c3cc[n+](CCC[Si](O)(O)O)cc3)c2)cc1. The lowest BCUT2D eigenvalue weighted by Crippen LogP contribution is -2.38. The molecule has 0 atom stereocenters. The maximum absolute atomic E-state index is 9.10. The molecule has 1 radical (unpaired) electrons. The van der Waals surface area contributed by atoms with Crippen LogP contribution in [0.1, 0.15) is 35.1 Å². The lowest BCUT2D eigenvalue weighted by Gasteiger charge is -2.06. The summed E-state index contributed by atoms with van der Waals surface area (Å²) < 4.78 is 8.80. The van der Waals surface area contributed by atoms with Gasteiger partial charge in [-0.2, -0.15) is 0 Å². The summed E-state index contributed by atoms with van der Waals surface area (Å²) in [5.74, 6) is 0. The van der Waals surface area contributed by atoms with E-state index in [1.54, 1.807) is 0 Å². The largest absolute Gasteiger partial charge is 0.571 e. The third-order valence-corrected chi connectivity index (χ3v) is 6.89. The summed E-state index contributed by atoms with van der Waals surface area (Å²) in [5.41, 5.74) is 4.33. The molecule has 0 fully saturated rings. The first-order valence-electron chi connectivity index (χ1n) is 11.8. The highest BCUT2D eigenvalue weighted by Crippen LogP contribution is 2.13. The van der Waals surface area contributed by atoms with Gasteiger partial charge in [-0.1, -0.05) is 42.5 Å². The van der Waals surface area contributed by atoms with E-state index in [2.05, 4.69) is 36.4 Å². The fourth-order valence-electron chi connectivity index (χ4n) is 3.52. The van der Waals surface area contributed by atoms with Crippen molar-refractivity contribution >= 4 is 42.6 Å².